The van der Waals surface area contributed by atoms with Crippen molar-refractivity contribution in [2.75, 3.05) is 17.1 Å². The van der Waals surface area contributed by atoms with Gasteiger partial charge in [0.1, 0.15) is 12.5 Å². The molecular weight excluding hydrogens is 631 g/mol. The fourth-order valence-corrected chi connectivity index (χ4v) is 6.04. The summed E-state index contributed by atoms with van der Waals surface area (Å²) in [7, 11) is 1.56. The number of rotatable bonds is 7. The number of carbonyl (C=O) groups excluding carboxylic acids is 2. The molecule has 2 fully saturated rings. The summed E-state index contributed by atoms with van der Waals surface area (Å²) in [5.74, 6) is -0.729. The molecule has 4 aromatic carbocycles. The lowest BCUT2D eigenvalue weighted by molar-refractivity contribution is -0.126. The maximum Gasteiger partial charge on any atom is 0.266 e. The van der Waals surface area contributed by atoms with Crippen LogP contribution in [0.3, 0.4) is 0 Å². The van der Waals surface area contributed by atoms with Gasteiger partial charge in [-0.1, -0.05) is 87.7 Å². The summed E-state index contributed by atoms with van der Waals surface area (Å²) in [5.41, 5.74) is 2.74. The average Bonchev–Trinajstić information content (AvgIpc) is 3.50. The number of carbonyl (C=O) groups is 2. The van der Waals surface area contributed by atoms with Crippen molar-refractivity contribution in [2.45, 2.75) is 18.8 Å². The molecule has 3 atom stereocenters. The molecule has 0 aromatic heterocycles. The zero-order valence-electron chi connectivity index (χ0n) is 21.7. The number of amides is 2. The highest BCUT2D eigenvalue weighted by Crippen LogP contribution is 2.51. The third-order valence-corrected chi connectivity index (χ3v) is 8.55. The molecule has 0 N–H and O–H groups in total. The molecule has 2 aliphatic heterocycles. The van der Waals surface area contributed by atoms with Crippen LogP contribution in [0, 0.1) is 5.92 Å². The molecule has 0 spiro atoms. The minimum Gasteiger partial charge on any atom is -0.493 e. The molecule has 0 aliphatic carbocycles. The standard InChI is InChI=1S/C31H23BrCl2N2O5/c1-39-25-15-21(22(32)16-26(25)40-17-18-8-4-2-5-9-18)28-27-29(41-36(28)19-10-6-3-7-11-19)31(38)35(30(27)37)20-12-13-23(33)24(34)14-20/h2-16,27-29H,17H2,1H3. The van der Waals surface area contributed by atoms with Crippen molar-refractivity contribution in [2.24, 2.45) is 5.92 Å². The summed E-state index contributed by atoms with van der Waals surface area (Å²) in [6.07, 6.45) is -1.05. The van der Waals surface area contributed by atoms with E-state index in [2.05, 4.69) is 15.9 Å². The van der Waals surface area contributed by atoms with Gasteiger partial charge in [0.2, 0.25) is 5.91 Å². The Morgan fingerprint density at radius 2 is 1.54 bits per heavy atom. The summed E-state index contributed by atoms with van der Waals surface area (Å²) >= 11 is 16.0. The van der Waals surface area contributed by atoms with Gasteiger partial charge in [-0.05, 0) is 53.6 Å². The van der Waals surface area contributed by atoms with Crippen molar-refractivity contribution < 1.29 is 23.9 Å². The van der Waals surface area contributed by atoms with E-state index in [9.17, 15) is 9.59 Å². The first kappa shape index (κ1) is 27.6. The third kappa shape index (κ3) is 5.06. The van der Waals surface area contributed by atoms with Crippen molar-refractivity contribution in [1.29, 1.82) is 0 Å². The van der Waals surface area contributed by atoms with Crippen LogP contribution in [0.15, 0.2) is 95.5 Å². The van der Waals surface area contributed by atoms with Crippen molar-refractivity contribution in [1.82, 2.24) is 0 Å². The Kier molecular flexibility index (Phi) is 7.66. The highest BCUT2D eigenvalue weighted by Gasteiger charge is 2.60. The van der Waals surface area contributed by atoms with E-state index in [1.807, 2.05) is 72.8 Å². The molecule has 3 unspecified atom stereocenters. The van der Waals surface area contributed by atoms with Crippen LogP contribution < -0.4 is 19.4 Å². The van der Waals surface area contributed by atoms with Crippen LogP contribution in [0.1, 0.15) is 17.2 Å². The second-order valence-electron chi connectivity index (χ2n) is 9.57. The van der Waals surface area contributed by atoms with Crippen molar-refractivity contribution in [3.8, 4) is 11.5 Å². The Bertz CT molecular complexity index is 1620. The molecule has 41 heavy (non-hydrogen) atoms. The molecule has 0 radical (unpaired) electrons. The second kappa shape index (κ2) is 11.4. The van der Waals surface area contributed by atoms with E-state index < -0.39 is 29.9 Å². The van der Waals surface area contributed by atoms with E-state index in [0.717, 1.165) is 10.5 Å². The Morgan fingerprint density at radius 3 is 2.22 bits per heavy atom. The first-order chi connectivity index (χ1) is 19.9. The number of hydrogen-bond donors (Lipinski definition) is 0. The molecule has 6 rings (SSSR count). The van der Waals surface area contributed by atoms with Crippen LogP contribution in [-0.2, 0) is 21.0 Å². The van der Waals surface area contributed by atoms with Crippen LogP contribution in [0.25, 0.3) is 0 Å². The Labute approximate surface area is 255 Å². The number of ether oxygens (including phenoxy) is 2. The van der Waals surface area contributed by atoms with Gasteiger partial charge in [0.05, 0.1) is 34.6 Å². The van der Waals surface area contributed by atoms with Gasteiger partial charge in [-0.3, -0.25) is 14.4 Å². The molecular formula is C31H23BrCl2N2O5. The van der Waals surface area contributed by atoms with Gasteiger partial charge in [0, 0.05) is 4.47 Å². The van der Waals surface area contributed by atoms with E-state index in [4.69, 9.17) is 37.5 Å². The number of methoxy groups -OCH3 is 1. The van der Waals surface area contributed by atoms with Crippen molar-refractivity contribution in [3.63, 3.8) is 0 Å². The van der Waals surface area contributed by atoms with E-state index in [-0.39, 0.29) is 5.02 Å². The maximum absolute atomic E-state index is 14.0. The largest absolute Gasteiger partial charge is 0.493 e. The van der Waals surface area contributed by atoms with Gasteiger partial charge in [0.25, 0.3) is 5.91 Å². The number of hydrogen-bond acceptors (Lipinski definition) is 6. The minimum atomic E-state index is -1.05. The highest BCUT2D eigenvalue weighted by molar-refractivity contribution is 9.10. The number of imide groups is 1. The molecule has 2 saturated heterocycles. The van der Waals surface area contributed by atoms with Gasteiger partial charge < -0.3 is 9.47 Å². The molecule has 208 valence electrons. The third-order valence-electron chi connectivity index (χ3n) is 7.13. The summed E-state index contributed by atoms with van der Waals surface area (Å²) in [6, 6.07) is 26.8. The van der Waals surface area contributed by atoms with Gasteiger partial charge in [-0.2, -0.15) is 0 Å². The van der Waals surface area contributed by atoms with Crippen LogP contribution in [0.4, 0.5) is 11.4 Å². The summed E-state index contributed by atoms with van der Waals surface area (Å²) < 4.78 is 12.5. The molecule has 10 heteroatoms. The number of anilines is 2. The fraction of sp³-hybridized carbons (Fsp3) is 0.161. The molecule has 2 heterocycles. The zero-order valence-corrected chi connectivity index (χ0v) is 24.8. The lowest BCUT2D eigenvalue weighted by Gasteiger charge is -2.30. The molecule has 0 bridgehead atoms. The summed E-state index contributed by atoms with van der Waals surface area (Å²) in [6.45, 7) is 0.349. The Hall–Kier alpha value is -3.56. The smallest absolute Gasteiger partial charge is 0.266 e. The lowest BCUT2D eigenvalue weighted by atomic mass is 9.90. The van der Waals surface area contributed by atoms with E-state index >= 15 is 0 Å². The van der Waals surface area contributed by atoms with E-state index in [1.54, 1.807) is 24.3 Å². The first-order valence-electron chi connectivity index (χ1n) is 12.8. The molecule has 4 aromatic rings. The number of halogens is 3. The zero-order chi connectivity index (χ0) is 28.7. The number of para-hydroxylation sites is 1. The topological polar surface area (TPSA) is 68.3 Å². The van der Waals surface area contributed by atoms with Gasteiger partial charge in [-0.25, -0.2) is 9.96 Å². The number of benzene rings is 4. The van der Waals surface area contributed by atoms with Crippen LogP contribution in [0.5, 0.6) is 11.5 Å². The predicted molar refractivity (Wildman–Crippen MR) is 160 cm³/mol. The Balaban J connectivity index is 1.40. The van der Waals surface area contributed by atoms with Crippen molar-refractivity contribution >= 4 is 62.3 Å². The van der Waals surface area contributed by atoms with Crippen molar-refractivity contribution in [3.05, 3.63) is 117 Å². The molecule has 7 nitrogen and oxygen atoms in total. The highest BCUT2D eigenvalue weighted by atomic mass is 79.9. The fourth-order valence-electron chi connectivity index (χ4n) is 5.19. The van der Waals surface area contributed by atoms with Gasteiger partial charge in [-0.15, -0.1) is 0 Å². The monoisotopic (exact) mass is 652 g/mol. The predicted octanol–water partition coefficient (Wildman–Crippen LogP) is 7.39. The van der Waals surface area contributed by atoms with E-state index in [1.165, 1.54) is 6.07 Å². The SMILES string of the molecule is COc1cc(C2C3C(=O)N(c4ccc(Cl)c(Cl)c4)C(=O)C3ON2c2ccccc2)c(Br)cc1OCc1ccccc1. The second-order valence-corrected chi connectivity index (χ2v) is 11.2. The molecule has 2 amide bonds. The van der Waals surface area contributed by atoms with Gasteiger partial charge in [0.15, 0.2) is 17.6 Å². The van der Waals surface area contributed by atoms with Crippen LogP contribution in [-0.4, -0.2) is 25.0 Å². The van der Waals surface area contributed by atoms with Crippen LogP contribution in [0.2, 0.25) is 10.0 Å². The first-order valence-corrected chi connectivity index (χ1v) is 14.3. The summed E-state index contributed by atoms with van der Waals surface area (Å²) in [4.78, 5) is 35.0. The number of fused-ring (bicyclic) bond motifs is 1. The number of hydroxylamine groups is 1. The Morgan fingerprint density at radius 1 is 0.829 bits per heavy atom. The average molecular weight is 654 g/mol. The minimum absolute atomic E-state index is 0.240. The normalized spacial score (nSPS) is 20.0. The summed E-state index contributed by atoms with van der Waals surface area (Å²) in [5, 5.41) is 2.19. The van der Waals surface area contributed by atoms with E-state index in [0.29, 0.717) is 44.5 Å². The molecule has 0 saturated carbocycles. The number of nitrogens with zero attached hydrogens (tertiary/aromatic N) is 2. The van der Waals surface area contributed by atoms with Gasteiger partial charge >= 0.3 is 0 Å². The maximum atomic E-state index is 14.0. The molecule has 2 aliphatic rings. The van der Waals surface area contributed by atoms with Crippen LogP contribution >= 0.6 is 39.1 Å². The quantitative estimate of drug-likeness (QED) is 0.194. The lowest BCUT2D eigenvalue weighted by Crippen LogP contribution is -2.37.